The normalized spacial score (nSPS) is 20.2. The summed E-state index contributed by atoms with van der Waals surface area (Å²) in [6, 6.07) is 6.07. The van der Waals surface area contributed by atoms with E-state index in [1.807, 2.05) is 0 Å². The highest BCUT2D eigenvalue weighted by molar-refractivity contribution is 5.93. The average Bonchev–Trinajstić information content (AvgIpc) is 3.02. The van der Waals surface area contributed by atoms with Gasteiger partial charge in [-0.1, -0.05) is 18.2 Å². The maximum atomic E-state index is 13.0. The number of hydrogen-bond donors (Lipinski definition) is 1. The van der Waals surface area contributed by atoms with Crippen LogP contribution in [-0.4, -0.2) is 49.9 Å². The van der Waals surface area contributed by atoms with E-state index in [-0.39, 0.29) is 23.3 Å². The van der Waals surface area contributed by atoms with Crippen LogP contribution in [0.25, 0.3) is 5.69 Å². The number of nitrogens with zero attached hydrogens (tertiary/aromatic N) is 5. The van der Waals surface area contributed by atoms with Gasteiger partial charge in [0, 0.05) is 31.3 Å². The highest BCUT2D eigenvalue weighted by atomic mass is 16.6. The fraction of sp³-hybridized carbons (Fsp3) is 0.471. The molecule has 0 radical (unpaired) electrons. The first-order valence-corrected chi connectivity index (χ1v) is 8.60. The fourth-order valence-corrected chi connectivity index (χ4v) is 3.39. The quantitative estimate of drug-likeness (QED) is 0.656. The molecule has 2 heterocycles. The number of nitro benzene ring substituents is 1. The van der Waals surface area contributed by atoms with Crippen LogP contribution in [-0.2, 0) is 0 Å². The zero-order valence-corrected chi connectivity index (χ0v) is 14.8. The molecular formula is C17H22N6O3. The molecule has 9 heteroatoms. The van der Waals surface area contributed by atoms with E-state index in [4.69, 9.17) is 5.73 Å². The van der Waals surface area contributed by atoms with Crippen LogP contribution in [0.4, 0.5) is 5.69 Å². The van der Waals surface area contributed by atoms with Crippen LogP contribution in [0, 0.1) is 23.0 Å². The molecule has 1 aliphatic heterocycles. The predicted octanol–water partition coefficient (Wildman–Crippen LogP) is 1.68. The summed E-state index contributed by atoms with van der Waals surface area (Å²) in [5.74, 6) is 0.343. The molecule has 1 aliphatic rings. The second-order valence-electron chi connectivity index (χ2n) is 6.73. The molecule has 2 unspecified atom stereocenters. The molecule has 0 spiro atoms. The van der Waals surface area contributed by atoms with E-state index < -0.39 is 4.92 Å². The minimum absolute atomic E-state index is 0.00591. The van der Waals surface area contributed by atoms with E-state index in [2.05, 4.69) is 17.2 Å². The summed E-state index contributed by atoms with van der Waals surface area (Å²) in [5.41, 5.74) is 7.10. The molecule has 26 heavy (non-hydrogen) atoms. The minimum Gasteiger partial charge on any atom is -0.333 e. The molecule has 2 aromatic rings. The van der Waals surface area contributed by atoms with Gasteiger partial charge in [-0.2, -0.15) is 0 Å². The van der Waals surface area contributed by atoms with Crippen molar-refractivity contribution in [3.05, 3.63) is 45.8 Å². The third-order valence-electron chi connectivity index (χ3n) is 4.89. The number of carbonyl (C=O) groups excluding carboxylic acids is 1. The lowest BCUT2D eigenvalue weighted by atomic mass is 9.92. The number of non-ortho nitro benzene ring substituents is 1. The Kier molecular flexibility index (Phi) is 4.99. The summed E-state index contributed by atoms with van der Waals surface area (Å²) in [6.45, 7) is 4.95. The molecule has 0 aliphatic carbocycles. The maximum absolute atomic E-state index is 13.0. The Bertz CT molecular complexity index is 834. The molecule has 1 saturated heterocycles. The maximum Gasteiger partial charge on any atom is 0.276 e. The van der Waals surface area contributed by atoms with Crippen molar-refractivity contribution in [2.75, 3.05) is 13.1 Å². The largest absolute Gasteiger partial charge is 0.333 e. The van der Waals surface area contributed by atoms with Gasteiger partial charge >= 0.3 is 0 Å². The summed E-state index contributed by atoms with van der Waals surface area (Å²) >= 11 is 0. The number of benzene rings is 1. The van der Waals surface area contributed by atoms with E-state index in [0.29, 0.717) is 30.4 Å². The predicted molar refractivity (Wildman–Crippen MR) is 95.0 cm³/mol. The van der Waals surface area contributed by atoms with Gasteiger partial charge in [-0.15, -0.1) is 5.10 Å². The molecule has 3 rings (SSSR count). The summed E-state index contributed by atoms with van der Waals surface area (Å²) in [5, 5.41) is 19.0. The summed E-state index contributed by atoms with van der Waals surface area (Å²) < 4.78 is 1.45. The standard InChI is InChI=1S/C17H22N6O3/c1-11-6-7-21(15(8-11)10-18)17(24)16-12(2)22(20-19-16)13-4-3-5-14(9-13)23(25)26/h3-5,9,11,15H,6-8,10,18H2,1-2H3. The number of rotatable bonds is 4. The summed E-state index contributed by atoms with van der Waals surface area (Å²) in [7, 11) is 0. The van der Waals surface area contributed by atoms with Crippen molar-refractivity contribution in [3.8, 4) is 5.69 Å². The molecule has 138 valence electrons. The van der Waals surface area contributed by atoms with Crippen molar-refractivity contribution in [3.63, 3.8) is 0 Å². The lowest BCUT2D eigenvalue weighted by molar-refractivity contribution is -0.384. The minimum atomic E-state index is -0.470. The van der Waals surface area contributed by atoms with Crippen LogP contribution in [0.1, 0.15) is 35.9 Å². The van der Waals surface area contributed by atoms with Gasteiger partial charge in [-0.05, 0) is 31.7 Å². The van der Waals surface area contributed by atoms with Gasteiger partial charge in [0.2, 0.25) is 0 Å². The van der Waals surface area contributed by atoms with E-state index in [9.17, 15) is 14.9 Å². The van der Waals surface area contributed by atoms with E-state index in [0.717, 1.165) is 12.8 Å². The number of carbonyl (C=O) groups is 1. The lowest BCUT2D eigenvalue weighted by Crippen LogP contribution is -2.49. The van der Waals surface area contributed by atoms with Crippen LogP contribution >= 0.6 is 0 Å². The van der Waals surface area contributed by atoms with Crippen molar-refractivity contribution in [1.29, 1.82) is 0 Å². The zero-order chi connectivity index (χ0) is 18.8. The Labute approximate surface area is 150 Å². The number of piperidine rings is 1. The monoisotopic (exact) mass is 358 g/mol. The van der Waals surface area contributed by atoms with Gasteiger partial charge in [0.25, 0.3) is 11.6 Å². The Morgan fingerprint density at radius 2 is 2.23 bits per heavy atom. The number of nitro groups is 1. The molecule has 1 aromatic carbocycles. The molecule has 1 fully saturated rings. The third kappa shape index (κ3) is 3.30. The van der Waals surface area contributed by atoms with Crippen LogP contribution in [0.15, 0.2) is 24.3 Å². The second kappa shape index (κ2) is 7.20. The van der Waals surface area contributed by atoms with E-state index in [1.54, 1.807) is 24.0 Å². The number of amides is 1. The van der Waals surface area contributed by atoms with Crippen LogP contribution in [0.5, 0.6) is 0 Å². The third-order valence-corrected chi connectivity index (χ3v) is 4.89. The first kappa shape index (κ1) is 18.0. The van der Waals surface area contributed by atoms with E-state index >= 15 is 0 Å². The number of hydrogen-bond acceptors (Lipinski definition) is 6. The Morgan fingerprint density at radius 1 is 1.46 bits per heavy atom. The van der Waals surface area contributed by atoms with Crippen molar-refractivity contribution in [2.24, 2.45) is 11.7 Å². The second-order valence-corrected chi connectivity index (χ2v) is 6.73. The SMILES string of the molecule is Cc1c(C(=O)N2CCC(C)CC2CN)nnn1-c1cccc([N+](=O)[O-])c1. The molecule has 1 aromatic heterocycles. The Morgan fingerprint density at radius 3 is 2.92 bits per heavy atom. The molecule has 0 saturated carbocycles. The van der Waals surface area contributed by atoms with Gasteiger partial charge in [0.05, 0.1) is 16.3 Å². The molecule has 2 N–H and O–H groups in total. The number of aromatic nitrogens is 3. The summed E-state index contributed by atoms with van der Waals surface area (Å²) in [4.78, 5) is 25.2. The van der Waals surface area contributed by atoms with Gasteiger partial charge in [-0.3, -0.25) is 14.9 Å². The van der Waals surface area contributed by atoms with Crippen LogP contribution < -0.4 is 5.73 Å². The van der Waals surface area contributed by atoms with Crippen molar-refractivity contribution in [1.82, 2.24) is 19.9 Å². The van der Waals surface area contributed by atoms with Gasteiger partial charge in [-0.25, -0.2) is 4.68 Å². The molecule has 2 atom stereocenters. The zero-order valence-electron chi connectivity index (χ0n) is 14.8. The first-order valence-electron chi connectivity index (χ1n) is 8.60. The van der Waals surface area contributed by atoms with Crippen LogP contribution in [0.2, 0.25) is 0 Å². The topological polar surface area (TPSA) is 120 Å². The molecule has 1 amide bonds. The Hall–Kier alpha value is -2.81. The average molecular weight is 358 g/mol. The van der Waals surface area contributed by atoms with Crippen LogP contribution in [0.3, 0.4) is 0 Å². The van der Waals surface area contributed by atoms with Gasteiger partial charge in [0.1, 0.15) is 0 Å². The lowest BCUT2D eigenvalue weighted by Gasteiger charge is -2.37. The van der Waals surface area contributed by atoms with Gasteiger partial charge in [0.15, 0.2) is 5.69 Å². The van der Waals surface area contributed by atoms with Gasteiger partial charge < -0.3 is 10.6 Å². The fourth-order valence-electron chi connectivity index (χ4n) is 3.39. The Balaban J connectivity index is 1.90. The highest BCUT2D eigenvalue weighted by Crippen LogP contribution is 2.25. The van der Waals surface area contributed by atoms with Crippen molar-refractivity contribution in [2.45, 2.75) is 32.7 Å². The molecular weight excluding hydrogens is 336 g/mol. The van der Waals surface area contributed by atoms with Crippen molar-refractivity contribution >= 4 is 11.6 Å². The summed E-state index contributed by atoms with van der Waals surface area (Å²) in [6.07, 6.45) is 1.81. The van der Waals surface area contributed by atoms with Crippen molar-refractivity contribution < 1.29 is 9.72 Å². The number of nitrogens with two attached hydrogens (primary N) is 1. The first-order chi connectivity index (χ1) is 12.4. The highest BCUT2D eigenvalue weighted by Gasteiger charge is 2.32. The molecule has 9 nitrogen and oxygen atoms in total. The number of likely N-dealkylation sites (tertiary alicyclic amines) is 1. The molecule has 0 bridgehead atoms. The van der Waals surface area contributed by atoms with E-state index in [1.165, 1.54) is 16.8 Å². The smallest absolute Gasteiger partial charge is 0.276 e.